The largest absolute Gasteiger partial charge is 0.466 e. The molecule has 2 nitrogen and oxygen atoms in total. The quantitative estimate of drug-likeness (QED) is 0.652. The first-order valence-electron chi connectivity index (χ1n) is 6.46. The number of hydrogen-bond donors (Lipinski definition) is 0. The van der Waals surface area contributed by atoms with Gasteiger partial charge >= 0.3 is 5.97 Å². The van der Waals surface area contributed by atoms with Gasteiger partial charge in [-0.25, -0.2) is 0 Å². The monoisotopic (exact) mass is 208 g/mol. The fourth-order valence-electron chi connectivity index (χ4n) is 4.47. The zero-order chi connectivity index (χ0) is 10.4. The molecule has 0 radical (unpaired) electrons. The average Bonchev–Trinajstić information content (AvgIpc) is 2.90. The van der Waals surface area contributed by atoms with Crippen LogP contribution in [0.5, 0.6) is 0 Å². The van der Waals surface area contributed by atoms with Crippen molar-refractivity contribution in [3.05, 3.63) is 0 Å². The molecule has 2 heteroatoms. The Labute approximate surface area is 91.4 Å². The lowest BCUT2D eigenvalue weighted by atomic mass is 9.82. The molecule has 0 aromatic heterocycles. The Kier molecular flexibility index (Phi) is 2.26. The number of rotatable bonds is 2. The van der Waals surface area contributed by atoms with Gasteiger partial charge in [0.1, 0.15) is 0 Å². The number of carbonyl (C=O) groups excluding carboxylic acids is 1. The van der Waals surface area contributed by atoms with Crippen LogP contribution in [-0.2, 0) is 9.53 Å². The van der Waals surface area contributed by atoms with Crippen LogP contribution < -0.4 is 0 Å². The summed E-state index contributed by atoms with van der Waals surface area (Å²) in [5.41, 5.74) is 0. The predicted octanol–water partition coefficient (Wildman–Crippen LogP) is 2.62. The molecule has 0 saturated heterocycles. The predicted molar refractivity (Wildman–Crippen MR) is 57.2 cm³/mol. The van der Waals surface area contributed by atoms with Gasteiger partial charge in [0.05, 0.1) is 12.5 Å². The van der Waals surface area contributed by atoms with E-state index in [-0.39, 0.29) is 11.9 Å². The molecule has 2 bridgehead atoms. The second-order valence-electron chi connectivity index (χ2n) is 5.58. The minimum absolute atomic E-state index is 0.0753. The molecule has 84 valence electrons. The Bertz CT molecular complexity index is 256. The Morgan fingerprint density at radius 1 is 1.13 bits per heavy atom. The van der Waals surface area contributed by atoms with Crippen LogP contribution in [0.25, 0.3) is 0 Å². The lowest BCUT2D eigenvalue weighted by Gasteiger charge is -2.23. The highest BCUT2D eigenvalue weighted by atomic mass is 16.5. The van der Waals surface area contributed by atoms with Crippen LogP contribution in [0.1, 0.15) is 39.0 Å². The molecule has 0 N–H and O–H groups in total. The SMILES string of the molecule is CCOC(=O)C1CC2[C@@H]3CC[C@@H](C3)[C@@H]2C1. The van der Waals surface area contributed by atoms with Gasteiger partial charge in [-0.2, -0.15) is 0 Å². The average molecular weight is 208 g/mol. The van der Waals surface area contributed by atoms with Crippen molar-refractivity contribution in [1.82, 2.24) is 0 Å². The van der Waals surface area contributed by atoms with Gasteiger partial charge in [-0.1, -0.05) is 0 Å². The van der Waals surface area contributed by atoms with Crippen LogP contribution in [0.15, 0.2) is 0 Å². The standard InChI is InChI=1S/C13H20O2/c1-2-15-13(14)10-6-11-8-3-4-9(5-8)12(11)7-10/h8-12H,2-7H2,1H3/t8-,9+,10?,11-,12?/m0/s1. The maximum atomic E-state index is 11.7. The second-order valence-corrected chi connectivity index (χ2v) is 5.58. The molecule has 3 fully saturated rings. The van der Waals surface area contributed by atoms with E-state index in [1.807, 2.05) is 6.92 Å². The number of fused-ring (bicyclic) bond motifs is 5. The first-order chi connectivity index (χ1) is 7.29. The highest BCUT2D eigenvalue weighted by Gasteiger charge is 2.53. The number of esters is 1. The highest BCUT2D eigenvalue weighted by molar-refractivity contribution is 5.72. The van der Waals surface area contributed by atoms with Crippen LogP contribution in [0.3, 0.4) is 0 Å². The summed E-state index contributed by atoms with van der Waals surface area (Å²) in [5, 5.41) is 0. The maximum absolute atomic E-state index is 11.7. The Balaban J connectivity index is 1.66. The number of ether oxygens (including phenoxy) is 1. The minimum Gasteiger partial charge on any atom is -0.466 e. The molecule has 3 saturated carbocycles. The molecule has 5 atom stereocenters. The van der Waals surface area contributed by atoms with E-state index in [0.29, 0.717) is 6.61 Å². The number of hydrogen-bond acceptors (Lipinski definition) is 2. The van der Waals surface area contributed by atoms with Crippen LogP contribution in [-0.4, -0.2) is 12.6 Å². The van der Waals surface area contributed by atoms with E-state index in [9.17, 15) is 4.79 Å². The van der Waals surface area contributed by atoms with Gasteiger partial charge in [0.25, 0.3) is 0 Å². The third kappa shape index (κ3) is 1.41. The van der Waals surface area contributed by atoms with Crippen LogP contribution in [0, 0.1) is 29.6 Å². The van der Waals surface area contributed by atoms with Gasteiger partial charge in [-0.15, -0.1) is 0 Å². The molecular weight excluding hydrogens is 188 g/mol. The lowest BCUT2D eigenvalue weighted by Crippen LogP contribution is -2.16. The van der Waals surface area contributed by atoms with Gasteiger partial charge in [0, 0.05) is 0 Å². The smallest absolute Gasteiger partial charge is 0.308 e. The highest BCUT2D eigenvalue weighted by Crippen LogP contribution is 2.60. The van der Waals surface area contributed by atoms with Crippen molar-refractivity contribution in [2.24, 2.45) is 29.6 Å². The normalized spacial score (nSPS) is 46.9. The van der Waals surface area contributed by atoms with Crippen molar-refractivity contribution in [3.8, 4) is 0 Å². The zero-order valence-electron chi connectivity index (χ0n) is 9.45. The van der Waals surface area contributed by atoms with Crippen LogP contribution in [0.2, 0.25) is 0 Å². The molecule has 2 unspecified atom stereocenters. The van der Waals surface area contributed by atoms with Crippen molar-refractivity contribution in [2.45, 2.75) is 39.0 Å². The maximum Gasteiger partial charge on any atom is 0.308 e. The summed E-state index contributed by atoms with van der Waals surface area (Å²) >= 11 is 0. The van der Waals surface area contributed by atoms with Crippen molar-refractivity contribution in [1.29, 1.82) is 0 Å². The molecular formula is C13H20O2. The molecule has 3 aliphatic rings. The molecule has 0 aromatic rings. The second kappa shape index (κ2) is 3.50. The molecule has 3 rings (SSSR count). The van der Waals surface area contributed by atoms with Crippen LogP contribution in [0.4, 0.5) is 0 Å². The summed E-state index contributed by atoms with van der Waals surface area (Å²) in [5.74, 6) is 3.98. The minimum atomic E-state index is 0.0753. The van der Waals surface area contributed by atoms with Gasteiger partial charge < -0.3 is 4.74 Å². The van der Waals surface area contributed by atoms with E-state index in [1.165, 1.54) is 19.3 Å². The topological polar surface area (TPSA) is 26.3 Å². The Hall–Kier alpha value is -0.530. The van der Waals surface area contributed by atoms with Crippen LogP contribution >= 0.6 is 0 Å². The summed E-state index contributed by atoms with van der Waals surface area (Å²) in [6.07, 6.45) is 6.59. The molecule has 0 spiro atoms. The van der Waals surface area contributed by atoms with E-state index in [1.54, 1.807) is 0 Å². The van der Waals surface area contributed by atoms with E-state index < -0.39 is 0 Å². The summed E-state index contributed by atoms with van der Waals surface area (Å²) in [6, 6.07) is 0. The first-order valence-corrected chi connectivity index (χ1v) is 6.46. The Morgan fingerprint density at radius 2 is 1.73 bits per heavy atom. The van der Waals surface area contributed by atoms with Gasteiger partial charge in [0.15, 0.2) is 0 Å². The van der Waals surface area contributed by atoms with E-state index >= 15 is 0 Å². The molecule has 3 aliphatic carbocycles. The van der Waals surface area contributed by atoms with Crippen molar-refractivity contribution < 1.29 is 9.53 Å². The van der Waals surface area contributed by atoms with E-state index in [4.69, 9.17) is 4.74 Å². The van der Waals surface area contributed by atoms with Gasteiger partial charge in [-0.05, 0) is 62.7 Å². The van der Waals surface area contributed by atoms with Crippen molar-refractivity contribution >= 4 is 5.97 Å². The fourth-order valence-corrected chi connectivity index (χ4v) is 4.47. The molecule has 0 aromatic carbocycles. The van der Waals surface area contributed by atoms with Crippen molar-refractivity contribution in [3.63, 3.8) is 0 Å². The molecule has 0 aliphatic heterocycles. The van der Waals surface area contributed by atoms with Gasteiger partial charge in [0.2, 0.25) is 0 Å². The van der Waals surface area contributed by atoms with Crippen molar-refractivity contribution in [2.75, 3.05) is 6.61 Å². The van der Waals surface area contributed by atoms with Gasteiger partial charge in [-0.3, -0.25) is 4.79 Å². The fraction of sp³-hybridized carbons (Fsp3) is 0.923. The summed E-state index contributed by atoms with van der Waals surface area (Å²) in [4.78, 5) is 11.7. The third-order valence-electron chi connectivity index (χ3n) is 5.01. The zero-order valence-corrected chi connectivity index (χ0v) is 9.45. The Morgan fingerprint density at radius 3 is 2.27 bits per heavy atom. The first kappa shape index (κ1) is 9.68. The third-order valence-corrected chi connectivity index (χ3v) is 5.01. The number of carbonyl (C=O) groups is 1. The summed E-state index contributed by atoms with van der Waals surface area (Å²) in [7, 11) is 0. The van der Waals surface area contributed by atoms with E-state index in [0.717, 1.165) is 36.5 Å². The summed E-state index contributed by atoms with van der Waals surface area (Å²) in [6.45, 7) is 2.44. The molecule has 0 heterocycles. The lowest BCUT2D eigenvalue weighted by molar-refractivity contribution is -0.148. The summed E-state index contributed by atoms with van der Waals surface area (Å²) < 4.78 is 5.14. The molecule has 0 amide bonds. The molecule has 15 heavy (non-hydrogen) atoms. The van der Waals surface area contributed by atoms with E-state index in [2.05, 4.69) is 0 Å².